The maximum absolute atomic E-state index is 12.7. The van der Waals surface area contributed by atoms with Gasteiger partial charge in [-0.05, 0) is 44.7 Å². The number of aliphatic hydroxyl groups is 2. The Balaban J connectivity index is 1.45. The standard InChI is InChI=1S/C23H31N5O9/c1-14(22(32)35-15-8-6-7-9-15)26(2)28(37-16-10-4-3-5-11-16)34-13-17-19(30)20(31)21(36-17)27-23(33)25-18(29)12-24-27/h3-5,10-12,14-15,17,19-21,30-31H,6-9,13H2,1-2H3,(H,25,29,33)/t14?,17?,19-,20-,21?/m1/s1. The van der Waals surface area contributed by atoms with Gasteiger partial charge in [-0.2, -0.15) is 14.8 Å². The number of para-hydroxylation sites is 1. The molecule has 14 heteroatoms. The summed E-state index contributed by atoms with van der Waals surface area (Å²) in [6.07, 6.45) is -1.04. The lowest BCUT2D eigenvalue weighted by Gasteiger charge is -2.33. The van der Waals surface area contributed by atoms with Crippen LogP contribution >= 0.6 is 0 Å². The Morgan fingerprint density at radius 2 is 1.92 bits per heavy atom. The number of aromatic nitrogens is 3. The zero-order chi connectivity index (χ0) is 26.5. The highest BCUT2D eigenvalue weighted by Crippen LogP contribution is 2.28. The van der Waals surface area contributed by atoms with E-state index in [0.29, 0.717) is 5.75 Å². The summed E-state index contributed by atoms with van der Waals surface area (Å²) in [6, 6.07) is 7.89. The number of carbonyl (C=O) groups is 1. The normalized spacial score (nSPS) is 25.0. The van der Waals surface area contributed by atoms with E-state index < -0.39 is 47.8 Å². The summed E-state index contributed by atoms with van der Waals surface area (Å²) in [5.41, 5.74) is -1.62. The van der Waals surface area contributed by atoms with E-state index in [1.807, 2.05) is 4.98 Å². The van der Waals surface area contributed by atoms with Gasteiger partial charge in [0.25, 0.3) is 5.56 Å². The summed E-state index contributed by atoms with van der Waals surface area (Å²) in [7, 11) is 1.57. The number of hydrazine groups is 1. The number of hydrogen-bond donors (Lipinski definition) is 3. The number of H-pyrrole nitrogens is 1. The van der Waals surface area contributed by atoms with Gasteiger partial charge in [-0.25, -0.2) is 9.63 Å². The monoisotopic (exact) mass is 521 g/mol. The highest BCUT2D eigenvalue weighted by molar-refractivity contribution is 5.75. The van der Waals surface area contributed by atoms with Crippen molar-refractivity contribution in [3.05, 3.63) is 57.4 Å². The molecule has 37 heavy (non-hydrogen) atoms. The summed E-state index contributed by atoms with van der Waals surface area (Å²) in [5, 5.41) is 27.0. The first-order chi connectivity index (χ1) is 17.7. The molecule has 1 aromatic heterocycles. The van der Waals surface area contributed by atoms with Gasteiger partial charge in [-0.15, -0.1) is 0 Å². The molecule has 0 radical (unpaired) electrons. The van der Waals surface area contributed by atoms with Crippen molar-refractivity contribution in [1.82, 2.24) is 25.1 Å². The van der Waals surface area contributed by atoms with E-state index in [1.165, 1.54) is 5.01 Å². The molecule has 4 rings (SSSR count). The van der Waals surface area contributed by atoms with E-state index in [9.17, 15) is 24.6 Å². The molecule has 2 aliphatic rings. The van der Waals surface area contributed by atoms with Crippen LogP contribution in [-0.2, 0) is 19.1 Å². The molecule has 202 valence electrons. The lowest BCUT2D eigenvalue weighted by Crippen LogP contribution is -2.51. The van der Waals surface area contributed by atoms with E-state index >= 15 is 0 Å². The Morgan fingerprint density at radius 1 is 1.22 bits per heavy atom. The van der Waals surface area contributed by atoms with Crippen LogP contribution in [0.15, 0.2) is 46.1 Å². The fourth-order valence-corrected chi connectivity index (χ4v) is 4.07. The minimum absolute atomic E-state index is 0.113. The maximum Gasteiger partial charge on any atom is 0.347 e. The molecule has 0 spiro atoms. The Labute approximate surface area is 211 Å². The fourth-order valence-electron chi connectivity index (χ4n) is 4.07. The van der Waals surface area contributed by atoms with Crippen LogP contribution in [-0.4, -0.2) is 85.4 Å². The molecular formula is C23H31N5O9. The van der Waals surface area contributed by atoms with Crippen LogP contribution in [0.25, 0.3) is 0 Å². The minimum Gasteiger partial charge on any atom is -0.461 e. The van der Waals surface area contributed by atoms with Crippen molar-refractivity contribution in [3.63, 3.8) is 0 Å². The first-order valence-corrected chi connectivity index (χ1v) is 12.0. The molecule has 1 aromatic carbocycles. The number of aliphatic hydroxyl groups excluding tert-OH is 2. The Hall–Kier alpha value is -3.14. The molecule has 14 nitrogen and oxygen atoms in total. The number of carbonyl (C=O) groups excluding carboxylic acids is 1. The van der Waals surface area contributed by atoms with Crippen molar-refractivity contribution >= 4 is 5.97 Å². The number of nitrogens with one attached hydrogen (secondary N) is 1. The summed E-state index contributed by atoms with van der Waals surface area (Å²) in [4.78, 5) is 49.7. The van der Waals surface area contributed by atoms with Gasteiger partial charge in [-0.3, -0.25) is 14.6 Å². The van der Waals surface area contributed by atoms with E-state index in [4.69, 9.17) is 19.1 Å². The average Bonchev–Trinajstić information content (AvgIpc) is 3.50. The Bertz CT molecular complexity index is 1150. The lowest BCUT2D eigenvalue weighted by atomic mass is 10.1. The third kappa shape index (κ3) is 6.41. The molecule has 1 saturated heterocycles. The highest BCUT2D eigenvalue weighted by Gasteiger charge is 2.45. The predicted octanol–water partition coefficient (Wildman–Crippen LogP) is -0.500. The molecule has 2 fully saturated rings. The predicted molar refractivity (Wildman–Crippen MR) is 125 cm³/mol. The van der Waals surface area contributed by atoms with Crippen LogP contribution < -0.4 is 16.1 Å². The van der Waals surface area contributed by atoms with Crippen molar-refractivity contribution in [2.24, 2.45) is 0 Å². The number of aromatic amines is 1. The Morgan fingerprint density at radius 3 is 2.59 bits per heavy atom. The number of hydrogen-bond acceptors (Lipinski definition) is 12. The number of likely N-dealkylation sites (N-methyl/N-ethyl adjacent to an activating group) is 1. The van der Waals surface area contributed by atoms with Gasteiger partial charge in [0.2, 0.25) is 0 Å². The molecule has 2 heterocycles. The molecular weight excluding hydrogens is 490 g/mol. The first kappa shape index (κ1) is 26.9. The van der Waals surface area contributed by atoms with E-state index in [1.54, 1.807) is 44.3 Å². The van der Waals surface area contributed by atoms with Gasteiger partial charge >= 0.3 is 11.7 Å². The third-order valence-electron chi connectivity index (χ3n) is 6.34. The van der Waals surface area contributed by atoms with Crippen LogP contribution in [0.2, 0.25) is 0 Å². The molecule has 0 amide bonds. The van der Waals surface area contributed by atoms with E-state index in [2.05, 4.69) is 5.10 Å². The lowest BCUT2D eigenvalue weighted by molar-refractivity contribution is -0.426. The second kappa shape index (κ2) is 11.9. The molecule has 3 N–H and O–H groups in total. The minimum atomic E-state index is -1.54. The summed E-state index contributed by atoms with van der Waals surface area (Å²) >= 11 is 0. The number of nitrogens with zero attached hydrogens (tertiary/aromatic N) is 4. The zero-order valence-corrected chi connectivity index (χ0v) is 20.5. The van der Waals surface area contributed by atoms with Gasteiger partial charge < -0.3 is 24.5 Å². The van der Waals surface area contributed by atoms with Crippen LogP contribution in [0.1, 0.15) is 38.8 Å². The number of rotatable bonds is 10. The van der Waals surface area contributed by atoms with Gasteiger partial charge in [0.15, 0.2) is 12.0 Å². The van der Waals surface area contributed by atoms with Crippen molar-refractivity contribution in [2.75, 3.05) is 13.7 Å². The highest BCUT2D eigenvalue weighted by atomic mass is 17.0. The molecule has 0 bridgehead atoms. The fraction of sp³-hybridized carbons (Fsp3) is 0.565. The second-order valence-corrected chi connectivity index (χ2v) is 8.96. The van der Waals surface area contributed by atoms with Crippen LogP contribution in [0, 0.1) is 0 Å². The van der Waals surface area contributed by atoms with Crippen LogP contribution in [0.3, 0.4) is 0 Å². The van der Waals surface area contributed by atoms with Gasteiger partial charge in [0, 0.05) is 7.05 Å². The molecule has 2 aromatic rings. The average molecular weight is 522 g/mol. The van der Waals surface area contributed by atoms with E-state index in [0.717, 1.165) is 41.9 Å². The van der Waals surface area contributed by atoms with Crippen molar-refractivity contribution in [3.8, 4) is 5.75 Å². The smallest absolute Gasteiger partial charge is 0.347 e. The van der Waals surface area contributed by atoms with E-state index in [-0.39, 0.29) is 12.7 Å². The SMILES string of the molecule is CC(C(=O)OC1CCCC1)N(C)N(OCC1OC(n2ncc(=O)[nH]c2=O)[C@H](O)[C@@H]1O)Oc1ccccc1. The summed E-state index contributed by atoms with van der Waals surface area (Å²) in [5.74, 6) is -0.0451. The topological polar surface area (TPSA) is 169 Å². The summed E-state index contributed by atoms with van der Waals surface area (Å²) < 4.78 is 12.0. The first-order valence-electron chi connectivity index (χ1n) is 12.0. The van der Waals surface area contributed by atoms with Crippen molar-refractivity contribution in [1.29, 1.82) is 0 Å². The van der Waals surface area contributed by atoms with Crippen molar-refractivity contribution < 1.29 is 34.2 Å². The van der Waals surface area contributed by atoms with Gasteiger partial charge in [0.05, 0.1) is 5.34 Å². The number of ether oxygens (including phenoxy) is 2. The molecule has 3 unspecified atom stereocenters. The third-order valence-corrected chi connectivity index (χ3v) is 6.34. The zero-order valence-electron chi connectivity index (χ0n) is 20.5. The van der Waals surface area contributed by atoms with Crippen molar-refractivity contribution in [2.45, 2.75) is 69.3 Å². The van der Waals surface area contributed by atoms with Crippen LogP contribution in [0.4, 0.5) is 0 Å². The maximum atomic E-state index is 12.7. The molecule has 1 aliphatic heterocycles. The Kier molecular flexibility index (Phi) is 8.68. The second-order valence-electron chi connectivity index (χ2n) is 8.96. The van der Waals surface area contributed by atoms with Gasteiger partial charge in [0.1, 0.15) is 43.3 Å². The molecule has 5 atom stereocenters. The molecule has 1 saturated carbocycles. The quantitative estimate of drug-likeness (QED) is 0.271. The number of esters is 1. The molecule has 1 aliphatic carbocycles. The largest absolute Gasteiger partial charge is 0.461 e. The van der Waals surface area contributed by atoms with Gasteiger partial charge in [-0.1, -0.05) is 18.2 Å². The summed E-state index contributed by atoms with van der Waals surface area (Å²) in [6.45, 7) is 1.30. The van der Waals surface area contributed by atoms with Crippen LogP contribution in [0.5, 0.6) is 5.75 Å². The number of benzene rings is 1.